The molecule has 3 rings (SSSR count). The maximum atomic E-state index is 12.2. The van der Waals surface area contributed by atoms with Gasteiger partial charge in [-0.25, -0.2) is 4.79 Å². The molecule has 7 nitrogen and oxygen atoms in total. The van der Waals surface area contributed by atoms with Crippen LogP contribution in [0.2, 0.25) is 5.02 Å². The predicted octanol–water partition coefficient (Wildman–Crippen LogP) is 2.64. The molecule has 28 heavy (non-hydrogen) atoms. The number of methoxy groups -OCH3 is 1. The van der Waals surface area contributed by atoms with Gasteiger partial charge in [-0.2, -0.15) is 0 Å². The number of halogens is 1. The molecule has 0 saturated heterocycles. The quantitative estimate of drug-likeness (QED) is 0.713. The zero-order chi connectivity index (χ0) is 19.9. The second-order valence-corrected chi connectivity index (χ2v) is 6.38. The van der Waals surface area contributed by atoms with Gasteiger partial charge in [0.25, 0.3) is 5.91 Å². The third-order valence-corrected chi connectivity index (χ3v) is 4.36. The van der Waals surface area contributed by atoms with E-state index in [2.05, 4.69) is 5.32 Å². The molecule has 1 aliphatic rings. The minimum Gasteiger partial charge on any atom is -0.496 e. The van der Waals surface area contributed by atoms with Crippen LogP contribution in [-0.4, -0.2) is 45.4 Å². The molecular weight excluding hydrogens is 386 g/mol. The zero-order valence-corrected chi connectivity index (χ0v) is 16.1. The fourth-order valence-electron chi connectivity index (χ4n) is 2.74. The molecule has 0 aromatic heterocycles. The Bertz CT molecular complexity index is 870. The molecule has 0 spiro atoms. The minimum absolute atomic E-state index is 0.191. The van der Waals surface area contributed by atoms with Gasteiger partial charge in [-0.1, -0.05) is 29.8 Å². The van der Waals surface area contributed by atoms with Crippen LogP contribution < -0.4 is 19.5 Å². The Hall–Kier alpha value is -2.93. The second kappa shape index (κ2) is 9.32. The molecular formula is C20H20ClNO6. The number of carbonyl (C=O) groups is 2. The Morgan fingerprint density at radius 2 is 1.96 bits per heavy atom. The molecule has 1 heterocycles. The van der Waals surface area contributed by atoms with E-state index in [0.717, 1.165) is 11.3 Å². The first-order valence-electron chi connectivity index (χ1n) is 8.73. The molecule has 0 aliphatic carbocycles. The summed E-state index contributed by atoms with van der Waals surface area (Å²) in [6, 6.07) is 10.5. The third-order valence-electron chi connectivity index (χ3n) is 4.08. The van der Waals surface area contributed by atoms with Gasteiger partial charge in [-0.3, -0.25) is 4.79 Å². The van der Waals surface area contributed by atoms with Crippen molar-refractivity contribution < 1.29 is 28.5 Å². The summed E-state index contributed by atoms with van der Waals surface area (Å²) >= 11 is 6.10. The molecule has 0 atom stereocenters. The smallest absolute Gasteiger partial charge is 0.338 e. The summed E-state index contributed by atoms with van der Waals surface area (Å²) < 4.78 is 21.2. The third kappa shape index (κ3) is 4.86. The van der Waals surface area contributed by atoms with Crippen molar-refractivity contribution in [1.82, 2.24) is 5.32 Å². The summed E-state index contributed by atoms with van der Waals surface area (Å²) in [5, 5.41) is 2.96. The monoisotopic (exact) mass is 405 g/mol. The molecule has 8 heteroatoms. The van der Waals surface area contributed by atoms with Crippen molar-refractivity contribution in [1.29, 1.82) is 0 Å². The van der Waals surface area contributed by atoms with Crippen molar-refractivity contribution in [3.63, 3.8) is 0 Å². The topological polar surface area (TPSA) is 83.1 Å². The number of rotatable bonds is 7. The van der Waals surface area contributed by atoms with Gasteiger partial charge in [0.05, 0.1) is 17.7 Å². The Kier molecular flexibility index (Phi) is 6.60. The number of benzene rings is 2. The Balaban J connectivity index is 1.48. The molecule has 2 aromatic rings. The van der Waals surface area contributed by atoms with Gasteiger partial charge in [0.2, 0.25) is 0 Å². The predicted molar refractivity (Wildman–Crippen MR) is 102 cm³/mol. The largest absolute Gasteiger partial charge is 0.496 e. The van der Waals surface area contributed by atoms with E-state index in [4.69, 9.17) is 30.5 Å². The van der Waals surface area contributed by atoms with E-state index < -0.39 is 18.5 Å². The Labute approximate surface area is 167 Å². The zero-order valence-electron chi connectivity index (χ0n) is 15.3. The van der Waals surface area contributed by atoms with E-state index in [9.17, 15) is 9.59 Å². The average molecular weight is 406 g/mol. The Morgan fingerprint density at radius 3 is 2.79 bits per heavy atom. The van der Waals surface area contributed by atoms with Crippen molar-refractivity contribution in [3.05, 3.63) is 52.5 Å². The van der Waals surface area contributed by atoms with Gasteiger partial charge in [0, 0.05) is 6.54 Å². The summed E-state index contributed by atoms with van der Waals surface area (Å²) in [4.78, 5) is 24.1. The highest BCUT2D eigenvalue weighted by atomic mass is 35.5. The fraction of sp³-hybridized carbons (Fsp3) is 0.300. The normalized spacial score (nSPS) is 12.2. The maximum Gasteiger partial charge on any atom is 0.338 e. The van der Waals surface area contributed by atoms with Crippen molar-refractivity contribution in [2.45, 2.75) is 6.42 Å². The van der Waals surface area contributed by atoms with Crippen LogP contribution in [-0.2, 0) is 16.0 Å². The van der Waals surface area contributed by atoms with Crippen LogP contribution in [0.4, 0.5) is 0 Å². The number of nitrogens with one attached hydrogen (secondary N) is 1. The van der Waals surface area contributed by atoms with Crippen LogP contribution >= 0.6 is 11.6 Å². The number of para-hydroxylation sites is 1. The van der Waals surface area contributed by atoms with E-state index in [1.54, 1.807) is 7.11 Å². The molecule has 1 amide bonds. The number of ether oxygens (including phenoxy) is 4. The van der Waals surface area contributed by atoms with Gasteiger partial charge in [0.15, 0.2) is 18.1 Å². The highest BCUT2D eigenvalue weighted by Crippen LogP contribution is 2.38. The van der Waals surface area contributed by atoms with Gasteiger partial charge < -0.3 is 24.3 Å². The molecule has 1 aliphatic heterocycles. The van der Waals surface area contributed by atoms with E-state index in [0.29, 0.717) is 37.7 Å². The lowest BCUT2D eigenvalue weighted by molar-refractivity contribution is -0.124. The summed E-state index contributed by atoms with van der Waals surface area (Å²) in [5.41, 5.74) is 1.17. The lowest BCUT2D eigenvalue weighted by atomic mass is 10.1. The highest BCUT2D eigenvalue weighted by Gasteiger charge is 2.20. The van der Waals surface area contributed by atoms with Gasteiger partial charge >= 0.3 is 5.97 Å². The molecule has 0 fully saturated rings. The summed E-state index contributed by atoms with van der Waals surface area (Å²) in [6.45, 7) is 0.769. The van der Waals surface area contributed by atoms with Crippen molar-refractivity contribution in [2.24, 2.45) is 0 Å². The van der Waals surface area contributed by atoms with Gasteiger partial charge in [0.1, 0.15) is 19.0 Å². The first kappa shape index (κ1) is 19.8. The van der Waals surface area contributed by atoms with Crippen LogP contribution in [0, 0.1) is 0 Å². The fourth-order valence-corrected chi connectivity index (χ4v) is 3.01. The minimum atomic E-state index is -0.668. The average Bonchev–Trinajstić information content (AvgIpc) is 2.72. The van der Waals surface area contributed by atoms with Crippen molar-refractivity contribution in [2.75, 3.05) is 33.5 Å². The first-order valence-corrected chi connectivity index (χ1v) is 9.11. The first-order chi connectivity index (χ1) is 13.6. The van der Waals surface area contributed by atoms with E-state index in [1.165, 1.54) is 12.1 Å². The lowest BCUT2D eigenvalue weighted by Crippen LogP contribution is -2.30. The van der Waals surface area contributed by atoms with Crippen LogP contribution in [0.5, 0.6) is 17.2 Å². The van der Waals surface area contributed by atoms with E-state index in [-0.39, 0.29) is 10.6 Å². The molecule has 0 radical (unpaired) electrons. The van der Waals surface area contributed by atoms with Crippen molar-refractivity contribution >= 4 is 23.5 Å². The number of hydrogen-bond acceptors (Lipinski definition) is 6. The van der Waals surface area contributed by atoms with E-state index >= 15 is 0 Å². The number of fused-ring (bicyclic) bond motifs is 1. The Morgan fingerprint density at radius 1 is 1.18 bits per heavy atom. The number of hydrogen-bond donors (Lipinski definition) is 1. The molecule has 0 saturated carbocycles. The van der Waals surface area contributed by atoms with E-state index in [1.807, 2.05) is 24.3 Å². The van der Waals surface area contributed by atoms with Crippen LogP contribution in [0.3, 0.4) is 0 Å². The van der Waals surface area contributed by atoms with Crippen molar-refractivity contribution in [3.8, 4) is 17.2 Å². The van der Waals surface area contributed by atoms with Crippen LogP contribution in [0.25, 0.3) is 0 Å². The SMILES string of the molecule is COc1ccccc1CCNC(=O)COC(=O)c1cc(Cl)c2c(c1)OCCO2. The molecule has 2 aromatic carbocycles. The number of esters is 1. The summed E-state index contributed by atoms with van der Waals surface area (Å²) in [5.74, 6) is 0.481. The molecule has 0 unspecified atom stereocenters. The standard InChI is InChI=1S/C20H20ClNO6/c1-25-16-5-3-2-4-13(16)6-7-22-18(23)12-28-20(24)14-10-15(21)19-17(11-14)26-8-9-27-19/h2-5,10-11H,6-9,12H2,1H3,(H,22,23). The lowest BCUT2D eigenvalue weighted by Gasteiger charge is -2.19. The van der Waals surface area contributed by atoms with Gasteiger partial charge in [-0.15, -0.1) is 0 Å². The number of carbonyl (C=O) groups excluding carboxylic acids is 2. The van der Waals surface area contributed by atoms with Gasteiger partial charge in [-0.05, 0) is 30.2 Å². The molecule has 148 valence electrons. The van der Waals surface area contributed by atoms with Crippen LogP contribution in [0.15, 0.2) is 36.4 Å². The number of amides is 1. The maximum absolute atomic E-state index is 12.2. The van der Waals surface area contributed by atoms with Crippen LogP contribution in [0.1, 0.15) is 15.9 Å². The highest BCUT2D eigenvalue weighted by molar-refractivity contribution is 6.32. The second-order valence-electron chi connectivity index (χ2n) is 5.97. The summed E-state index contributed by atoms with van der Waals surface area (Å²) in [7, 11) is 1.60. The molecule has 0 bridgehead atoms. The molecule has 1 N–H and O–H groups in total. The summed E-state index contributed by atoms with van der Waals surface area (Å²) in [6.07, 6.45) is 0.599.